The minimum atomic E-state index is -0.580. The maximum Gasteiger partial charge on any atom is 0.126 e. The van der Waals surface area contributed by atoms with Gasteiger partial charge in [-0.3, -0.25) is 11.3 Å². The van der Waals surface area contributed by atoms with Crippen LogP contribution in [0.5, 0.6) is 0 Å². The Bertz CT molecular complexity index is 597. The quantitative estimate of drug-likeness (QED) is 0.656. The van der Waals surface area contributed by atoms with Crippen LogP contribution in [0.25, 0.3) is 0 Å². The first-order valence-corrected chi connectivity index (χ1v) is 6.96. The lowest BCUT2D eigenvalue weighted by Crippen LogP contribution is -2.30. The highest BCUT2D eigenvalue weighted by Crippen LogP contribution is 2.24. The Morgan fingerprint density at radius 2 is 1.80 bits per heavy atom. The van der Waals surface area contributed by atoms with E-state index in [2.05, 4.69) is 21.4 Å². The Hall–Kier alpha value is -1.30. The highest BCUT2D eigenvalue weighted by Gasteiger charge is 2.14. The Morgan fingerprint density at radius 1 is 1.15 bits per heavy atom. The van der Waals surface area contributed by atoms with E-state index in [1.165, 1.54) is 12.1 Å². The summed E-state index contributed by atoms with van der Waals surface area (Å²) >= 11 is 3.40. The van der Waals surface area contributed by atoms with Crippen molar-refractivity contribution < 1.29 is 8.78 Å². The minimum absolute atomic E-state index is 0.204. The molecule has 106 valence electrons. The Labute approximate surface area is 125 Å². The van der Waals surface area contributed by atoms with Crippen molar-refractivity contribution in [3.8, 4) is 0 Å². The molecule has 0 fully saturated rings. The van der Waals surface area contributed by atoms with Gasteiger partial charge in [0, 0.05) is 10.5 Å². The zero-order valence-corrected chi connectivity index (χ0v) is 12.5. The molecule has 20 heavy (non-hydrogen) atoms. The average Bonchev–Trinajstić information content (AvgIpc) is 2.35. The summed E-state index contributed by atoms with van der Waals surface area (Å²) in [5.41, 5.74) is 5.32. The number of nitrogens with one attached hydrogen (secondary N) is 1. The SMILES string of the molecule is Cc1cc(Br)ccc1C(Cc1cc(F)cc(F)c1)NN. The van der Waals surface area contributed by atoms with Crippen LogP contribution in [0.3, 0.4) is 0 Å². The van der Waals surface area contributed by atoms with Gasteiger partial charge < -0.3 is 0 Å². The first kappa shape index (κ1) is 15.1. The maximum atomic E-state index is 13.2. The molecule has 0 radical (unpaired) electrons. The average molecular weight is 341 g/mol. The monoisotopic (exact) mass is 340 g/mol. The van der Waals surface area contributed by atoms with E-state index in [-0.39, 0.29) is 6.04 Å². The third-order valence-electron chi connectivity index (χ3n) is 3.17. The summed E-state index contributed by atoms with van der Waals surface area (Å²) in [6, 6.07) is 9.14. The topological polar surface area (TPSA) is 38.0 Å². The summed E-state index contributed by atoms with van der Waals surface area (Å²) in [7, 11) is 0. The summed E-state index contributed by atoms with van der Waals surface area (Å²) in [6.07, 6.45) is 0.410. The lowest BCUT2D eigenvalue weighted by Gasteiger charge is -2.19. The fraction of sp³-hybridized carbons (Fsp3) is 0.200. The van der Waals surface area contributed by atoms with Gasteiger partial charge in [0.05, 0.1) is 6.04 Å². The van der Waals surface area contributed by atoms with Crippen LogP contribution in [0, 0.1) is 18.6 Å². The molecule has 2 aromatic rings. The molecule has 0 aliphatic heterocycles. The number of benzene rings is 2. The van der Waals surface area contributed by atoms with Crippen molar-refractivity contribution in [1.29, 1.82) is 0 Å². The van der Waals surface area contributed by atoms with Crippen molar-refractivity contribution in [1.82, 2.24) is 5.43 Å². The van der Waals surface area contributed by atoms with Crippen LogP contribution >= 0.6 is 15.9 Å². The minimum Gasteiger partial charge on any atom is -0.271 e. The van der Waals surface area contributed by atoms with Crippen molar-refractivity contribution in [2.24, 2.45) is 5.84 Å². The lowest BCUT2D eigenvalue weighted by molar-refractivity contribution is 0.538. The van der Waals surface area contributed by atoms with E-state index in [9.17, 15) is 8.78 Å². The van der Waals surface area contributed by atoms with E-state index in [0.29, 0.717) is 12.0 Å². The second-order valence-electron chi connectivity index (χ2n) is 4.70. The second kappa shape index (κ2) is 6.43. The first-order valence-electron chi connectivity index (χ1n) is 6.16. The van der Waals surface area contributed by atoms with E-state index in [1.807, 2.05) is 25.1 Å². The zero-order chi connectivity index (χ0) is 14.7. The molecule has 0 aliphatic rings. The Morgan fingerprint density at radius 3 is 2.35 bits per heavy atom. The predicted molar refractivity (Wildman–Crippen MR) is 79.0 cm³/mol. The largest absolute Gasteiger partial charge is 0.271 e. The molecule has 1 unspecified atom stereocenters. The van der Waals surface area contributed by atoms with Crippen molar-refractivity contribution >= 4 is 15.9 Å². The molecule has 0 bridgehead atoms. The zero-order valence-electron chi connectivity index (χ0n) is 11.0. The molecule has 0 amide bonds. The van der Waals surface area contributed by atoms with Crippen molar-refractivity contribution in [3.63, 3.8) is 0 Å². The van der Waals surface area contributed by atoms with Crippen molar-refractivity contribution in [2.75, 3.05) is 0 Å². The standard InChI is InChI=1S/C15H15BrF2N2/c1-9-4-11(16)2-3-14(9)15(20-19)7-10-5-12(17)8-13(18)6-10/h2-6,8,15,20H,7,19H2,1H3. The molecule has 2 rings (SSSR count). The normalized spacial score (nSPS) is 12.4. The van der Waals surface area contributed by atoms with Crippen molar-refractivity contribution in [3.05, 3.63) is 69.2 Å². The second-order valence-corrected chi connectivity index (χ2v) is 5.62. The number of nitrogens with two attached hydrogens (primary N) is 1. The van der Waals surface area contributed by atoms with Gasteiger partial charge in [0.2, 0.25) is 0 Å². The summed E-state index contributed by atoms with van der Waals surface area (Å²) in [5, 5.41) is 0. The Kier molecular flexibility index (Phi) is 4.86. The molecule has 1 atom stereocenters. The van der Waals surface area contributed by atoms with E-state index < -0.39 is 11.6 Å². The van der Waals surface area contributed by atoms with E-state index in [1.54, 1.807) is 0 Å². The van der Waals surface area contributed by atoms with Gasteiger partial charge in [-0.15, -0.1) is 0 Å². The van der Waals surface area contributed by atoms with Crippen LogP contribution < -0.4 is 11.3 Å². The molecule has 2 aromatic carbocycles. The number of hydrogen-bond acceptors (Lipinski definition) is 2. The molecule has 5 heteroatoms. The van der Waals surface area contributed by atoms with Gasteiger partial charge in [0.15, 0.2) is 0 Å². The van der Waals surface area contributed by atoms with Crippen LogP contribution in [-0.2, 0) is 6.42 Å². The summed E-state index contributed by atoms with van der Waals surface area (Å²) in [5.74, 6) is 4.43. The highest BCUT2D eigenvalue weighted by atomic mass is 79.9. The molecule has 3 N–H and O–H groups in total. The number of hydrogen-bond donors (Lipinski definition) is 2. The number of aryl methyl sites for hydroxylation is 1. The van der Waals surface area contributed by atoms with E-state index in [4.69, 9.17) is 5.84 Å². The van der Waals surface area contributed by atoms with Crippen LogP contribution in [0.4, 0.5) is 8.78 Å². The molecule has 0 aromatic heterocycles. The summed E-state index contributed by atoms with van der Waals surface area (Å²) < 4.78 is 27.4. The number of halogens is 3. The van der Waals surface area contributed by atoms with Crippen LogP contribution in [-0.4, -0.2) is 0 Å². The van der Waals surface area contributed by atoms with Gasteiger partial charge >= 0.3 is 0 Å². The van der Waals surface area contributed by atoms with Gasteiger partial charge in [-0.1, -0.05) is 22.0 Å². The maximum absolute atomic E-state index is 13.2. The number of rotatable bonds is 4. The summed E-state index contributed by atoms with van der Waals surface area (Å²) in [6.45, 7) is 1.97. The van der Waals surface area contributed by atoms with Gasteiger partial charge in [0.25, 0.3) is 0 Å². The van der Waals surface area contributed by atoms with Crippen LogP contribution in [0.2, 0.25) is 0 Å². The predicted octanol–water partition coefficient (Wildman–Crippen LogP) is 3.78. The van der Waals surface area contributed by atoms with E-state index in [0.717, 1.165) is 21.7 Å². The molecule has 0 aliphatic carbocycles. The Balaban J connectivity index is 2.28. The van der Waals surface area contributed by atoms with Crippen LogP contribution in [0.15, 0.2) is 40.9 Å². The van der Waals surface area contributed by atoms with Gasteiger partial charge in [-0.25, -0.2) is 8.78 Å². The van der Waals surface area contributed by atoms with Gasteiger partial charge in [-0.2, -0.15) is 0 Å². The molecule has 0 saturated heterocycles. The fourth-order valence-electron chi connectivity index (χ4n) is 2.25. The molecular formula is C15H15BrF2N2. The lowest BCUT2D eigenvalue weighted by atomic mass is 9.96. The van der Waals surface area contributed by atoms with E-state index >= 15 is 0 Å². The smallest absolute Gasteiger partial charge is 0.126 e. The first-order chi connectivity index (χ1) is 9.49. The highest BCUT2D eigenvalue weighted by molar-refractivity contribution is 9.10. The van der Waals surface area contributed by atoms with Crippen LogP contribution in [0.1, 0.15) is 22.7 Å². The number of hydrazine groups is 1. The summed E-state index contributed by atoms with van der Waals surface area (Å²) in [4.78, 5) is 0. The van der Waals surface area contributed by atoms with Gasteiger partial charge in [0.1, 0.15) is 11.6 Å². The van der Waals surface area contributed by atoms with Gasteiger partial charge in [-0.05, 0) is 54.3 Å². The molecule has 0 saturated carbocycles. The third-order valence-corrected chi connectivity index (χ3v) is 3.66. The van der Waals surface area contributed by atoms with Crippen molar-refractivity contribution in [2.45, 2.75) is 19.4 Å². The molecule has 0 spiro atoms. The third kappa shape index (κ3) is 3.62. The molecule has 0 heterocycles. The molecule has 2 nitrogen and oxygen atoms in total. The fourth-order valence-corrected chi connectivity index (χ4v) is 2.73. The molecular weight excluding hydrogens is 326 g/mol.